The van der Waals surface area contributed by atoms with Gasteiger partial charge in [0.05, 0.1) is 4.70 Å². The Hall–Kier alpha value is -1.58. The summed E-state index contributed by atoms with van der Waals surface area (Å²) >= 11 is 2.33. The summed E-state index contributed by atoms with van der Waals surface area (Å²) in [5.74, 6) is -0.971. The van der Waals surface area contributed by atoms with Gasteiger partial charge in [-0.3, -0.25) is 0 Å². The van der Waals surface area contributed by atoms with Crippen LogP contribution in [0.1, 0.15) is 15.2 Å². The summed E-state index contributed by atoms with van der Waals surface area (Å²) in [5.41, 5.74) is 5.98. The topological polar surface area (TPSA) is 87.1 Å². The van der Waals surface area contributed by atoms with Gasteiger partial charge in [0.15, 0.2) is 0 Å². The van der Waals surface area contributed by atoms with Crippen molar-refractivity contribution in [2.24, 2.45) is 0 Å². The number of carboxylic acids is 1. The second-order valence-corrected chi connectivity index (χ2v) is 4.70. The fourth-order valence-electron chi connectivity index (χ4n) is 1.12. The lowest BCUT2D eigenvalue weighted by Gasteiger charge is -1.85. The van der Waals surface area contributed by atoms with E-state index in [-0.39, 0.29) is 4.88 Å². The molecule has 0 bridgehead atoms. The number of nitrogen functional groups attached to an aromatic ring is 1. The molecule has 0 spiro atoms. The van der Waals surface area contributed by atoms with E-state index >= 15 is 0 Å². The third kappa shape index (κ3) is 1.14. The first-order valence-electron chi connectivity index (χ1n) is 3.58. The van der Waals surface area contributed by atoms with Crippen LogP contribution in [0, 0.1) is 11.3 Å². The molecule has 0 aromatic carbocycles. The van der Waals surface area contributed by atoms with Crippen LogP contribution in [0.2, 0.25) is 0 Å². The number of thiophene rings is 2. The fraction of sp³-hybridized carbons (Fsp3) is 0. The molecular weight excluding hydrogens is 220 g/mol. The van der Waals surface area contributed by atoms with E-state index in [1.54, 1.807) is 6.07 Å². The highest BCUT2D eigenvalue weighted by Gasteiger charge is 2.15. The molecule has 6 heteroatoms. The molecule has 0 saturated carbocycles. The molecule has 14 heavy (non-hydrogen) atoms. The molecule has 0 saturated heterocycles. The van der Waals surface area contributed by atoms with Crippen molar-refractivity contribution >= 4 is 43.0 Å². The van der Waals surface area contributed by atoms with Gasteiger partial charge >= 0.3 is 5.97 Å². The number of nitrogens with zero attached hydrogens (tertiary/aromatic N) is 1. The summed E-state index contributed by atoms with van der Waals surface area (Å²) in [4.78, 5) is 10.9. The molecule has 2 aromatic heterocycles. The third-order valence-corrected chi connectivity index (χ3v) is 3.95. The number of hydrogen-bond acceptors (Lipinski definition) is 5. The molecule has 0 aliphatic heterocycles. The van der Waals surface area contributed by atoms with E-state index in [9.17, 15) is 4.79 Å². The van der Waals surface area contributed by atoms with Crippen molar-refractivity contribution in [2.75, 3.05) is 5.73 Å². The van der Waals surface area contributed by atoms with Crippen LogP contribution in [-0.2, 0) is 0 Å². The van der Waals surface area contributed by atoms with Gasteiger partial charge in [-0.2, -0.15) is 5.26 Å². The predicted octanol–water partition coefficient (Wildman–Crippen LogP) is 2.11. The van der Waals surface area contributed by atoms with Gasteiger partial charge in [-0.1, -0.05) is 0 Å². The standard InChI is InChI=1S/C8H4N2O2S2/c9-2-3-6-4(14-7(3)10)1-5(13-6)8(11)12/h1H,10H2,(H,11,12). The van der Waals surface area contributed by atoms with E-state index in [0.29, 0.717) is 15.3 Å². The van der Waals surface area contributed by atoms with Gasteiger partial charge in [-0.05, 0) is 6.07 Å². The van der Waals surface area contributed by atoms with Crippen LogP contribution in [0.3, 0.4) is 0 Å². The lowest BCUT2D eigenvalue weighted by molar-refractivity contribution is 0.0702. The molecule has 0 aliphatic carbocycles. The normalized spacial score (nSPS) is 10.2. The average molecular weight is 224 g/mol. The van der Waals surface area contributed by atoms with Gasteiger partial charge in [0.1, 0.15) is 21.5 Å². The molecule has 2 rings (SSSR count). The minimum Gasteiger partial charge on any atom is -0.477 e. The summed E-state index contributed by atoms with van der Waals surface area (Å²) in [6.07, 6.45) is 0. The monoisotopic (exact) mass is 224 g/mol. The molecule has 0 aliphatic rings. The first-order chi connectivity index (χ1) is 6.63. The zero-order chi connectivity index (χ0) is 10.3. The number of anilines is 1. The van der Waals surface area contributed by atoms with Gasteiger partial charge in [0, 0.05) is 4.70 Å². The molecule has 0 fully saturated rings. The summed E-state index contributed by atoms with van der Waals surface area (Å²) in [5, 5.41) is 18.0. The van der Waals surface area contributed by atoms with E-state index in [4.69, 9.17) is 16.1 Å². The Morgan fingerprint density at radius 1 is 1.57 bits per heavy atom. The van der Waals surface area contributed by atoms with E-state index < -0.39 is 5.97 Å². The van der Waals surface area contributed by atoms with Crippen LogP contribution in [-0.4, -0.2) is 11.1 Å². The van der Waals surface area contributed by atoms with Gasteiger partial charge in [0.25, 0.3) is 0 Å². The SMILES string of the molecule is N#Cc1c(N)sc2cc(C(=O)O)sc12. The minimum atomic E-state index is -0.971. The van der Waals surface area contributed by atoms with Gasteiger partial charge < -0.3 is 10.8 Å². The van der Waals surface area contributed by atoms with Crippen molar-refractivity contribution in [1.29, 1.82) is 5.26 Å². The summed E-state index contributed by atoms with van der Waals surface area (Å²) < 4.78 is 1.44. The fourth-order valence-corrected chi connectivity index (χ4v) is 3.27. The molecule has 0 unspecified atom stereocenters. The maximum absolute atomic E-state index is 10.7. The molecule has 2 aromatic rings. The zero-order valence-corrected chi connectivity index (χ0v) is 8.41. The summed E-state index contributed by atoms with van der Waals surface area (Å²) in [6, 6.07) is 3.52. The third-order valence-electron chi connectivity index (χ3n) is 1.71. The quantitative estimate of drug-likeness (QED) is 0.776. The van der Waals surface area contributed by atoms with Crippen LogP contribution < -0.4 is 5.73 Å². The Labute approximate surface area is 86.8 Å². The Balaban J connectivity index is 2.76. The lowest BCUT2D eigenvalue weighted by Crippen LogP contribution is -1.89. The maximum atomic E-state index is 10.7. The summed E-state index contributed by atoms with van der Waals surface area (Å²) in [7, 11) is 0. The Kier molecular flexibility index (Phi) is 1.91. The molecule has 3 N–H and O–H groups in total. The van der Waals surface area contributed by atoms with E-state index in [0.717, 1.165) is 16.0 Å². The van der Waals surface area contributed by atoms with E-state index in [1.807, 2.05) is 6.07 Å². The Bertz CT molecular complexity index is 562. The lowest BCUT2D eigenvalue weighted by atomic mass is 10.3. The first-order valence-corrected chi connectivity index (χ1v) is 5.22. The number of carbonyl (C=O) groups is 1. The second kappa shape index (κ2) is 2.97. The largest absolute Gasteiger partial charge is 0.477 e. The van der Waals surface area contributed by atoms with Crippen molar-refractivity contribution in [1.82, 2.24) is 0 Å². The molecule has 2 heterocycles. The molecule has 70 valence electrons. The number of nitriles is 1. The second-order valence-electron chi connectivity index (χ2n) is 2.56. The van der Waals surface area contributed by atoms with Crippen LogP contribution in [0.15, 0.2) is 6.07 Å². The smallest absolute Gasteiger partial charge is 0.345 e. The Morgan fingerprint density at radius 2 is 2.29 bits per heavy atom. The molecular formula is C8H4N2O2S2. The van der Waals surface area contributed by atoms with Crippen LogP contribution in [0.5, 0.6) is 0 Å². The van der Waals surface area contributed by atoms with Gasteiger partial charge in [-0.15, -0.1) is 22.7 Å². The predicted molar refractivity (Wildman–Crippen MR) is 55.8 cm³/mol. The van der Waals surface area contributed by atoms with Crippen molar-refractivity contribution in [3.05, 3.63) is 16.5 Å². The zero-order valence-electron chi connectivity index (χ0n) is 6.77. The molecule has 4 nitrogen and oxygen atoms in total. The average Bonchev–Trinajstić information content (AvgIpc) is 2.60. The molecule has 0 radical (unpaired) electrons. The van der Waals surface area contributed by atoms with Gasteiger partial charge in [-0.25, -0.2) is 4.79 Å². The highest BCUT2D eigenvalue weighted by Crippen LogP contribution is 2.38. The number of aromatic carboxylic acids is 1. The maximum Gasteiger partial charge on any atom is 0.345 e. The number of hydrogen-bond donors (Lipinski definition) is 2. The number of rotatable bonds is 1. The first kappa shape index (κ1) is 8.99. The molecule has 0 amide bonds. The van der Waals surface area contributed by atoms with E-state index in [1.165, 1.54) is 11.3 Å². The number of carboxylic acid groups (broad SMARTS) is 1. The minimum absolute atomic E-state index is 0.239. The van der Waals surface area contributed by atoms with Crippen molar-refractivity contribution in [3.8, 4) is 6.07 Å². The molecule has 0 atom stereocenters. The van der Waals surface area contributed by atoms with Crippen molar-refractivity contribution < 1.29 is 9.90 Å². The summed E-state index contributed by atoms with van der Waals surface area (Å²) in [6.45, 7) is 0. The van der Waals surface area contributed by atoms with Crippen LogP contribution in [0.4, 0.5) is 5.00 Å². The Morgan fingerprint density at radius 3 is 2.86 bits per heavy atom. The van der Waals surface area contributed by atoms with Crippen molar-refractivity contribution in [3.63, 3.8) is 0 Å². The van der Waals surface area contributed by atoms with Crippen molar-refractivity contribution in [2.45, 2.75) is 0 Å². The van der Waals surface area contributed by atoms with Gasteiger partial charge in [0.2, 0.25) is 0 Å². The van der Waals surface area contributed by atoms with Crippen LogP contribution >= 0.6 is 22.7 Å². The number of nitrogens with two attached hydrogens (primary N) is 1. The number of fused-ring (bicyclic) bond motifs is 1. The van der Waals surface area contributed by atoms with Crippen LogP contribution in [0.25, 0.3) is 9.40 Å². The highest BCUT2D eigenvalue weighted by atomic mass is 32.1. The van der Waals surface area contributed by atoms with E-state index in [2.05, 4.69) is 0 Å². The highest BCUT2D eigenvalue weighted by molar-refractivity contribution is 7.31.